The van der Waals surface area contributed by atoms with E-state index in [0.717, 1.165) is 12.0 Å². The Morgan fingerprint density at radius 2 is 1.71 bits per heavy atom. The van der Waals surface area contributed by atoms with Crippen LogP contribution >= 0.6 is 0 Å². The van der Waals surface area contributed by atoms with Crippen molar-refractivity contribution in [2.45, 2.75) is 19.9 Å². The standard InChI is InChI=1S/C17H23NO6/c1-5-6-7-16(20)24-11-15(19)18-10-12-8-13(21-2)17(23-4)14(9-12)22-3/h6-9H,5,10-11H2,1-4H3,(H,18,19)/b7-6+. The summed E-state index contributed by atoms with van der Waals surface area (Å²) in [4.78, 5) is 23.0. The van der Waals surface area contributed by atoms with Gasteiger partial charge in [0.2, 0.25) is 5.75 Å². The van der Waals surface area contributed by atoms with E-state index in [0.29, 0.717) is 17.2 Å². The molecule has 7 heteroatoms. The third-order valence-corrected chi connectivity index (χ3v) is 3.05. The lowest BCUT2D eigenvalue weighted by molar-refractivity contribution is -0.143. The number of ether oxygens (including phenoxy) is 4. The molecule has 1 N–H and O–H groups in total. The molecular weight excluding hydrogens is 314 g/mol. The maximum atomic E-state index is 11.7. The molecule has 0 radical (unpaired) electrons. The Kier molecular flexibility index (Phi) is 8.18. The van der Waals surface area contributed by atoms with E-state index in [9.17, 15) is 9.59 Å². The third-order valence-electron chi connectivity index (χ3n) is 3.05. The Balaban J connectivity index is 2.62. The zero-order chi connectivity index (χ0) is 17.9. The summed E-state index contributed by atoms with van der Waals surface area (Å²) in [6.45, 7) is 1.79. The van der Waals surface area contributed by atoms with E-state index < -0.39 is 11.9 Å². The largest absolute Gasteiger partial charge is 0.493 e. The van der Waals surface area contributed by atoms with Gasteiger partial charge in [0, 0.05) is 12.6 Å². The van der Waals surface area contributed by atoms with Gasteiger partial charge in [-0.05, 0) is 24.1 Å². The van der Waals surface area contributed by atoms with Crippen molar-refractivity contribution in [2.24, 2.45) is 0 Å². The summed E-state index contributed by atoms with van der Waals surface area (Å²) in [7, 11) is 4.55. The van der Waals surface area contributed by atoms with E-state index in [1.807, 2.05) is 6.92 Å². The normalized spacial score (nSPS) is 10.3. The van der Waals surface area contributed by atoms with Crippen LogP contribution in [0.1, 0.15) is 18.9 Å². The van der Waals surface area contributed by atoms with Crippen LogP contribution in [0.3, 0.4) is 0 Å². The fourth-order valence-corrected chi connectivity index (χ4v) is 1.89. The number of carbonyl (C=O) groups is 2. The monoisotopic (exact) mass is 337 g/mol. The number of hydrogen-bond donors (Lipinski definition) is 1. The van der Waals surface area contributed by atoms with E-state index in [4.69, 9.17) is 18.9 Å². The summed E-state index contributed by atoms with van der Waals surface area (Å²) in [5.41, 5.74) is 0.759. The SMILES string of the molecule is CC/C=C/C(=O)OCC(=O)NCc1cc(OC)c(OC)c(OC)c1. The number of allylic oxidation sites excluding steroid dienone is 1. The van der Waals surface area contributed by atoms with Crippen molar-refractivity contribution in [3.05, 3.63) is 29.8 Å². The Bertz CT molecular complexity index is 572. The summed E-state index contributed by atoms with van der Waals surface area (Å²) in [5, 5.41) is 2.66. The van der Waals surface area contributed by atoms with Crippen LogP contribution in [0.25, 0.3) is 0 Å². The summed E-state index contributed by atoms with van der Waals surface area (Å²) in [6, 6.07) is 3.47. The summed E-state index contributed by atoms with van der Waals surface area (Å²) in [6.07, 6.45) is 3.69. The zero-order valence-electron chi connectivity index (χ0n) is 14.4. The second-order valence-electron chi connectivity index (χ2n) is 4.73. The molecule has 0 atom stereocenters. The molecule has 1 aromatic rings. The van der Waals surface area contributed by atoms with Gasteiger partial charge in [-0.2, -0.15) is 0 Å². The Morgan fingerprint density at radius 3 is 2.21 bits per heavy atom. The lowest BCUT2D eigenvalue weighted by Crippen LogP contribution is -2.28. The van der Waals surface area contributed by atoms with Crippen LogP contribution < -0.4 is 19.5 Å². The molecule has 0 heterocycles. The average molecular weight is 337 g/mol. The molecule has 0 unspecified atom stereocenters. The minimum Gasteiger partial charge on any atom is -0.493 e. The van der Waals surface area contributed by atoms with Crippen LogP contribution in [0.5, 0.6) is 17.2 Å². The molecule has 0 bridgehead atoms. The van der Waals surface area contributed by atoms with Crippen LogP contribution in [0.2, 0.25) is 0 Å². The second kappa shape index (κ2) is 10.1. The molecule has 0 spiro atoms. The highest BCUT2D eigenvalue weighted by Gasteiger charge is 2.13. The minimum absolute atomic E-state index is 0.234. The lowest BCUT2D eigenvalue weighted by atomic mass is 10.1. The predicted octanol–water partition coefficient (Wildman–Crippen LogP) is 1.84. The fraction of sp³-hybridized carbons (Fsp3) is 0.412. The molecule has 0 saturated heterocycles. The van der Waals surface area contributed by atoms with Crippen LogP contribution in [-0.4, -0.2) is 39.8 Å². The lowest BCUT2D eigenvalue weighted by Gasteiger charge is -2.14. The summed E-state index contributed by atoms with van der Waals surface area (Å²) in [5.74, 6) is 0.531. The quantitative estimate of drug-likeness (QED) is 0.547. The van der Waals surface area contributed by atoms with E-state index in [1.54, 1.807) is 18.2 Å². The first-order valence-corrected chi connectivity index (χ1v) is 7.44. The molecule has 7 nitrogen and oxygen atoms in total. The van der Waals surface area contributed by atoms with E-state index >= 15 is 0 Å². The van der Waals surface area contributed by atoms with Gasteiger partial charge in [0.1, 0.15) is 0 Å². The smallest absolute Gasteiger partial charge is 0.330 e. The van der Waals surface area contributed by atoms with Gasteiger partial charge in [-0.25, -0.2) is 4.79 Å². The van der Waals surface area contributed by atoms with Gasteiger partial charge < -0.3 is 24.3 Å². The first-order valence-electron chi connectivity index (χ1n) is 7.44. The van der Waals surface area contributed by atoms with Crippen LogP contribution in [0.15, 0.2) is 24.3 Å². The zero-order valence-corrected chi connectivity index (χ0v) is 14.4. The summed E-state index contributed by atoms with van der Waals surface area (Å²) < 4.78 is 20.5. The summed E-state index contributed by atoms with van der Waals surface area (Å²) >= 11 is 0. The molecule has 0 fully saturated rings. The highest BCUT2D eigenvalue weighted by atomic mass is 16.5. The molecule has 0 aliphatic heterocycles. The number of nitrogens with one attached hydrogen (secondary N) is 1. The molecule has 1 aromatic carbocycles. The molecule has 24 heavy (non-hydrogen) atoms. The maximum Gasteiger partial charge on any atom is 0.330 e. The second-order valence-corrected chi connectivity index (χ2v) is 4.73. The minimum atomic E-state index is -0.542. The Labute approximate surface area is 141 Å². The van der Waals surface area contributed by atoms with Gasteiger partial charge in [-0.1, -0.05) is 13.0 Å². The van der Waals surface area contributed by atoms with Crippen molar-refractivity contribution < 1.29 is 28.5 Å². The first kappa shape index (κ1) is 19.3. The fourth-order valence-electron chi connectivity index (χ4n) is 1.89. The molecule has 0 saturated carbocycles. The van der Waals surface area contributed by atoms with E-state index in [-0.39, 0.29) is 13.2 Å². The van der Waals surface area contributed by atoms with Crippen molar-refractivity contribution in [1.29, 1.82) is 0 Å². The number of benzene rings is 1. The Morgan fingerprint density at radius 1 is 1.08 bits per heavy atom. The van der Waals surface area contributed by atoms with Gasteiger partial charge in [0.15, 0.2) is 18.1 Å². The molecule has 0 aliphatic carbocycles. The average Bonchev–Trinajstić information content (AvgIpc) is 2.61. The van der Waals surface area contributed by atoms with Gasteiger partial charge in [-0.3, -0.25) is 4.79 Å². The van der Waals surface area contributed by atoms with Gasteiger partial charge in [-0.15, -0.1) is 0 Å². The number of hydrogen-bond acceptors (Lipinski definition) is 6. The van der Waals surface area contributed by atoms with Crippen LogP contribution in [-0.2, 0) is 20.9 Å². The number of amides is 1. The third kappa shape index (κ3) is 5.83. The highest BCUT2D eigenvalue weighted by Crippen LogP contribution is 2.38. The number of methoxy groups -OCH3 is 3. The number of carbonyl (C=O) groups excluding carboxylic acids is 2. The molecule has 1 amide bonds. The van der Waals surface area contributed by atoms with Gasteiger partial charge >= 0.3 is 5.97 Å². The van der Waals surface area contributed by atoms with Crippen molar-refractivity contribution >= 4 is 11.9 Å². The Hall–Kier alpha value is -2.70. The first-order chi connectivity index (χ1) is 11.5. The van der Waals surface area contributed by atoms with Crippen LogP contribution in [0.4, 0.5) is 0 Å². The maximum absolute atomic E-state index is 11.7. The number of rotatable bonds is 9. The molecule has 132 valence electrons. The van der Waals surface area contributed by atoms with Crippen molar-refractivity contribution in [1.82, 2.24) is 5.32 Å². The van der Waals surface area contributed by atoms with Crippen LogP contribution in [0, 0.1) is 0 Å². The van der Waals surface area contributed by atoms with E-state index in [1.165, 1.54) is 27.4 Å². The van der Waals surface area contributed by atoms with E-state index in [2.05, 4.69) is 5.32 Å². The molecule has 0 aromatic heterocycles. The molecule has 1 rings (SSSR count). The van der Waals surface area contributed by atoms with Crippen molar-refractivity contribution in [3.8, 4) is 17.2 Å². The van der Waals surface area contributed by atoms with Gasteiger partial charge in [0.05, 0.1) is 21.3 Å². The topological polar surface area (TPSA) is 83.1 Å². The van der Waals surface area contributed by atoms with Crippen molar-refractivity contribution in [2.75, 3.05) is 27.9 Å². The predicted molar refractivity (Wildman–Crippen MR) is 88.3 cm³/mol. The van der Waals surface area contributed by atoms with Crippen molar-refractivity contribution in [3.63, 3.8) is 0 Å². The molecule has 0 aliphatic rings. The molecular formula is C17H23NO6. The highest BCUT2D eigenvalue weighted by molar-refractivity contribution is 5.85. The number of esters is 1. The van der Waals surface area contributed by atoms with Gasteiger partial charge in [0.25, 0.3) is 5.91 Å².